The number of rotatable bonds is 7. The fraction of sp³-hybridized carbons (Fsp3) is 0.458. The Hall–Kier alpha value is -2.42. The Morgan fingerprint density at radius 3 is 2.34 bits per heavy atom. The van der Waals surface area contributed by atoms with E-state index in [1.165, 1.54) is 0 Å². The molecule has 174 valence electrons. The number of amides is 1. The van der Waals surface area contributed by atoms with E-state index in [0.717, 1.165) is 38.4 Å². The summed E-state index contributed by atoms with van der Waals surface area (Å²) in [6, 6.07) is 12.0. The van der Waals surface area contributed by atoms with Crippen LogP contribution in [0, 0.1) is 6.92 Å². The van der Waals surface area contributed by atoms with Gasteiger partial charge in [-0.1, -0.05) is 32.9 Å². The Morgan fingerprint density at radius 2 is 1.72 bits per heavy atom. The van der Waals surface area contributed by atoms with Crippen LogP contribution in [0.4, 0.5) is 5.69 Å². The van der Waals surface area contributed by atoms with E-state index in [1.807, 2.05) is 32.9 Å². The van der Waals surface area contributed by atoms with Crippen molar-refractivity contribution in [2.45, 2.75) is 38.0 Å². The predicted molar refractivity (Wildman–Crippen MR) is 127 cm³/mol. The summed E-state index contributed by atoms with van der Waals surface area (Å²) >= 11 is 0. The molecule has 1 aliphatic rings. The average molecular weight is 460 g/mol. The highest BCUT2D eigenvalue weighted by molar-refractivity contribution is 7.92. The first-order valence-corrected chi connectivity index (χ1v) is 12.4. The minimum Gasteiger partial charge on any atom is -0.379 e. The number of nitrogens with zero attached hydrogens (tertiary/aromatic N) is 1. The molecule has 1 saturated heterocycles. The fourth-order valence-corrected chi connectivity index (χ4v) is 4.84. The van der Waals surface area contributed by atoms with Crippen LogP contribution in [0.15, 0.2) is 47.4 Å². The van der Waals surface area contributed by atoms with Gasteiger partial charge in [-0.3, -0.25) is 14.4 Å². The monoisotopic (exact) mass is 459 g/mol. The number of ether oxygens (including phenoxy) is 1. The molecule has 0 saturated carbocycles. The van der Waals surface area contributed by atoms with Gasteiger partial charge in [-0.25, -0.2) is 8.42 Å². The molecule has 0 spiro atoms. The van der Waals surface area contributed by atoms with Crippen LogP contribution in [-0.2, 0) is 20.2 Å². The molecule has 0 radical (unpaired) electrons. The van der Waals surface area contributed by atoms with E-state index in [2.05, 4.69) is 14.9 Å². The number of hydrogen-bond donors (Lipinski definition) is 2. The SMILES string of the molecule is Cc1ccc(C(C)(C)C)cc1S(=O)(=O)Nc1ccc(C(=O)NCCN2CCOCC2)cc1. The van der Waals surface area contributed by atoms with Gasteiger partial charge in [-0.05, 0) is 53.8 Å². The van der Waals surface area contributed by atoms with Gasteiger partial charge in [0.1, 0.15) is 0 Å². The Morgan fingerprint density at radius 1 is 1.06 bits per heavy atom. The number of nitrogens with one attached hydrogen (secondary N) is 2. The molecule has 8 heteroatoms. The van der Waals surface area contributed by atoms with Crippen molar-refractivity contribution < 1.29 is 17.9 Å². The van der Waals surface area contributed by atoms with E-state index in [1.54, 1.807) is 37.3 Å². The summed E-state index contributed by atoms with van der Waals surface area (Å²) in [6.45, 7) is 12.5. The van der Waals surface area contributed by atoms with Crippen LogP contribution < -0.4 is 10.0 Å². The predicted octanol–water partition coefficient (Wildman–Crippen LogP) is 3.16. The zero-order chi connectivity index (χ0) is 23.4. The summed E-state index contributed by atoms with van der Waals surface area (Å²) in [7, 11) is -3.75. The molecule has 1 amide bonds. The largest absolute Gasteiger partial charge is 0.379 e. The number of carbonyl (C=O) groups is 1. The molecule has 3 rings (SSSR count). The minimum atomic E-state index is -3.75. The molecule has 0 aromatic heterocycles. The molecular weight excluding hydrogens is 426 g/mol. The lowest BCUT2D eigenvalue weighted by Crippen LogP contribution is -2.41. The Labute approximate surface area is 191 Å². The molecule has 0 bridgehead atoms. The number of morpholine rings is 1. The second kappa shape index (κ2) is 10.0. The summed E-state index contributed by atoms with van der Waals surface area (Å²) in [5.74, 6) is -0.179. The van der Waals surface area contributed by atoms with Crippen LogP contribution in [0.3, 0.4) is 0 Å². The van der Waals surface area contributed by atoms with Crippen LogP contribution in [0.1, 0.15) is 42.3 Å². The van der Waals surface area contributed by atoms with Gasteiger partial charge in [0.2, 0.25) is 0 Å². The second-order valence-corrected chi connectivity index (χ2v) is 10.8. The van der Waals surface area contributed by atoms with E-state index in [9.17, 15) is 13.2 Å². The van der Waals surface area contributed by atoms with E-state index in [4.69, 9.17) is 4.74 Å². The summed E-state index contributed by atoms with van der Waals surface area (Å²) in [6.07, 6.45) is 0. The minimum absolute atomic E-state index is 0.158. The highest BCUT2D eigenvalue weighted by atomic mass is 32.2. The zero-order valence-electron chi connectivity index (χ0n) is 19.3. The standard InChI is InChI=1S/C24H33N3O4S/c1-18-5-8-20(24(2,3)4)17-22(18)32(29,30)26-21-9-6-19(7-10-21)23(28)25-11-12-27-13-15-31-16-14-27/h5-10,17,26H,11-16H2,1-4H3,(H,25,28). The smallest absolute Gasteiger partial charge is 0.262 e. The second-order valence-electron chi connectivity index (χ2n) is 9.12. The van der Waals surface area contributed by atoms with Crippen molar-refractivity contribution in [2.24, 2.45) is 0 Å². The molecule has 2 N–H and O–H groups in total. The van der Waals surface area contributed by atoms with Gasteiger partial charge in [0.25, 0.3) is 15.9 Å². The Kier molecular flexibility index (Phi) is 7.59. The third-order valence-electron chi connectivity index (χ3n) is 5.56. The van der Waals surface area contributed by atoms with Gasteiger partial charge in [0.05, 0.1) is 18.1 Å². The molecule has 1 aliphatic heterocycles. The number of benzene rings is 2. The van der Waals surface area contributed by atoms with Crippen LogP contribution in [0.5, 0.6) is 0 Å². The topological polar surface area (TPSA) is 87.7 Å². The lowest BCUT2D eigenvalue weighted by Gasteiger charge is -2.26. The number of aryl methyl sites for hydroxylation is 1. The summed E-state index contributed by atoms with van der Waals surface area (Å²) in [5.41, 5.74) is 2.37. The van der Waals surface area contributed by atoms with Gasteiger partial charge in [0, 0.05) is 37.4 Å². The molecular formula is C24H33N3O4S. The van der Waals surface area contributed by atoms with Gasteiger partial charge in [-0.2, -0.15) is 0 Å². The first-order chi connectivity index (χ1) is 15.1. The molecule has 0 aliphatic carbocycles. The summed E-state index contributed by atoms with van der Waals surface area (Å²) in [4.78, 5) is 14.9. The summed E-state index contributed by atoms with van der Waals surface area (Å²) < 4.78 is 34.0. The van der Waals surface area contributed by atoms with Crippen molar-refractivity contribution in [3.05, 3.63) is 59.2 Å². The van der Waals surface area contributed by atoms with Crippen molar-refractivity contribution in [2.75, 3.05) is 44.1 Å². The van der Waals surface area contributed by atoms with Crippen molar-refractivity contribution in [1.82, 2.24) is 10.2 Å². The van der Waals surface area contributed by atoms with Gasteiger partial charge in [-0.15, -0.1) is 0 Å². The van der Waals surface area contributed by atoms with Gasteiger partial charge < -0.3 is 10.1 Å². The number of anilines is 1. The van der Waals surface area contributed by atoms with E-state index in [0.29, 0.717) is 23.4 Å². The van der Waals surface area contributed by atoms with Crippen LogP contribution in [0.2, 0.25) is 0 Å². The summed E-state index contributed by atoms with van der Waals surface area (Å²) in [5, 5.41) is 2.91. The van der Waals surface area contributed by atoms with Crippen molar-refractivity contribution >= 4 is 21.6 Å². The van der Waals surface area contributed by atoms with Crippen molar-refractivity contribution in [1.29, 1.82) is 0 Å². The van der Waals surface area contributed by atoms with E-state index in [-0.39, 0.29) is 16.2 Å². The molecule has 0 unspecified atom stereocenters. The quantitative estimate of drug-likeness (QED) is 0.664. The van der Waals surface area contributed by atoms with Crippen LogP contribution >= 0.6 is 0 Å². The van der Waals surface area contributed by atoms with Crippen molar-refractivity contribution in [3.8, 4) is 0 Å². The number of hydrogen-bond acceptors (Lipinski definition) is 5. The number of carbonyl (C=O) groups excluding carboxylic acids is 1. The molecule has 32 heavy (non-hydrogen) atoms. The maximum Gasteiger partial charge on any atom is 0.262 e. The molecule has 7 nitrogen and oxygen atoms in total. The molecule has 1 fully saturated rings. The third kappa shape index (κ3) is 6.31. The third-order valence-corrected chi connectivity index (χ3v) is 7.08. The molecule has 2 aromatic carbocycles. The van der Waals surface area contributed by atoms with Gasteiger partial charge in [0.15, 0.2) is 0 Å². The van der Waals surface area contributed by atoms with E-state index >= 15 is 0 Å². The Bertz CT molecular complexity index is 1040. The molecule has 0 atom stereocenters. The van der Waals surface area contributed by atoms with Crippen molar-refractivity contribution in [3.63, 3.8) is 0 Å². The van der Waals surface area contributed by atoms with E-state index < -0.39 is 10.0 Å². The lowest BCUT2D eigenvalue weighted by molar-refractivity contribution is 0.0383. The highest BCUT2D eigenvalue weighted by Crippen LogP contribution is 2.27. The van der Waals surface area contributed by atoms with Crippen LogP contribution in [-0.4, -0.2) is 58.6 Å². The zero-order valence-corrected chi connectivity index (χ0v) is 20.1. The lowest BCUT2D eigenvalue weighted by atomic mass is 9.87. The maximum absolute atomic E-state index is 13.0. The first kappa shape index (κ1) is 24.2. The fourth-order valence-electron chi connectivity index (χ4n) is 3.51. The van der Waals surface area contributed by atoms with Crippen LogP contribution in [0.25, 0.3) is 0 Å². The average Bonchev–Trinajstić information content (AvgIpc) is 2.74. The normalized spacial score (nSPS) is 15.4. The molecule has 1 heterocycles. The van der Waals surface area contributed by atoms with Gasteiger partial charge >= 0.3 is 0 Å². The molecule has 2 aromatic rings. The maximum atomic E-state index is 13.0. The number of sulfonamides is 1. The first-order valence-electron chi connectivity index (χ1n) is 10.9. The Balaban J connectivity index is 1.63. The highest BCUT2D eigenvalue weighted by Gasteiger charge is 2.21.